The average Bonchev–Trinajstić information content (AvgIpc) is 3.05. The van der Waals surface area contributed by atoms with E-state index < -0.39 is 0 Å². The second-order valence-electron chi connectivity index (χ2n) is 10.5. The summed E-state index contributed by atoms with van der Waals surface area (Å²) in [5.74, 6) is 3.15. The zero-order valence-corrected chi connectivity index (χ0v) is 22.8. The molecule has 0 heterocycles. The third kappa shape index (κ3) is 4.31. The van der Waals surface area contributed by atoms with Crippen LogP contribution in [0.25, 0.3) is 54.2 Å². The highest BCUT2D eigenvalue weighted by Crippen LogP contribution is 2.47. The van der Waals surface area contributed by atoms with Crippen molar-refractivity contribution in [3.63, 3.8) is 0 Å². The van der Waals surface area contributed by atoms with Crippen LogP contribution in [-0.2, 0) is 0 Å². The zero-order valence-electron chi connectivity index (χ0n) is 22.8. The Bertz CT molecular complexity index is 2100. The van der Waals surface area contributed by atoms with Gasteiger partial charge < -0.3 is 9.47 Å². The molecule has 0 aliphatic carbocycles. The van der Waals surface area contributed by atoms with E-state index in [9.17, 15) is 0 Å². The average molecular weight is 539 g/mol. The summed E-state index contributed by atoms with van der Waals surface area (Å²) in [5, 5.41) is 9.15. The Kier molecular flexibility index (Phi) is 5.82. The number of ether oxygens (including phenoxy) is 2. The molecule has 0 fully saturated rings. The van der Waals surface area contributed by atoms with Crippen LogP contribution in [0.2, 0.25) is 0 Å². The predicted octanol–water partition coefficient (Wildman–Crippen LogP) is 11.6. The van der Waals surface area contributed by atoms with Crippen molar-refractivity contribution >= 4 is 43.1 Å². The second kappa shape index (κ2) is 10.1. The molecule has 0 aliphatic heterocycles. The first-order valence-electron chi connectivity index (χ1n) is 14.2. The van der Waals surface area contributed by atoms with Crippen molar-refractivity contribution in [3.05, 3.63) is 158 Å². The molecule has 42 heavy (non-hydrogen) atoms. The molecule has 8 rings (SSSR count). The van der Waals surface area contributed by atoms with Gasteiger partial charge in [-0.25, -0.2) is 0 Å². The first-order chi connectivity index (χ1) is 20.8. The van der Waals surface area contributed by atoms with Crippen molar-refractivity contribution in [1.29, 1.82) is 0 Å². The van der Waals surface area contributed by atoms with Crippen LogP contribution in [-0.4, -0.2) is 0 Å². The lowest BCUT2D eigenvalue weighted by atomic mass is 9.92. The molecule has 0 radical (unpaired) electrons. The van der Waals surface area contributed by atoms with Crippen molar-refractivity contribution in [2.24, 2.45) is 0 Å². The molecule has 0 saturated heterocycles. The van der Waals surface area contributed by atoms with Gasteiger partial charge in [-0.3, -0.25) is 0 Å². The largest absolute Gasteiger partial charge is 0.457 e. The SMILES string of the molecule is c1ccc2cc(Oc3ccc4ccccc4c3-c3c(Oc4ccc5ccccc5c4)ccc4ccccc34)ccc2c1. The van der Waals surface area contributed by atoms with Gasteiger partial charge in [0.15, 0.2) is 0 Å². The lowest BCUT2D eigenvalue weighted by molar-refractivity contribution is 0.479. The summed E-state index contributed by atoms with van der Waals surface area (Å²) in [4.78, 5) is 0. The Hall–Kier alpha value is -5.60. The van der Waals surface area contributed by atoms with E-state index >= 15 is 0 Å². The molecule has 0 atom stereocenters. The van der Waals surface area contributed by atoms with Gasteiger partial charge in [-0.05, 0) is 79.5 Å². The predicted molar refractivity (Wildman–Crippen MR) is 175 cm³/mol. The van der Waals surface area contributed by atoms with Crippen molar-refractivity contribution in [2.45, 2.75) is 0 Å². The molecule has 0 saturated carbocycles. The fourth-order valence-electron chi connectivity index (χ4n) is 5.90. The second-order valence-corrected chi connectivity index (χ2v) is 10.5. The number of rotatable bonds is 5. The normalized spacial score (nSPS) is 11.3. The van der Waals surface area contributed by atoms with Gasteiger partial charge in [0.05, 0.1) is 0 Å². The fraction of sp³-hybridized carbons (Fsp3) is 0. The van der Waals surface area contributed by atoms with Crippen LogP contribution in [0.1, 0.15) is 0 Å². The molecule has 2 nitrogen and oxygen atoms in total. The lowest BCUT2D eigenvalue weighted by Crippen LogP contribution is -1.95. The summed E-state index contributed by atoms with van der Waals surface area (Å²) < 4.78 is 13.5. The van der Waals surface area contributed by atoms with Gasteiger partial charge in [-0.2, -0.15) is 0 Å². The van der Waals surface area contributed by atoms with Gasteiger partial charge in [0.25, 0.3) is 0 Å². The van der Waals surface area contributed by atoms with E-state index in [1.165, 1.54) is 10.8 Å². The van der Waals surface area contributed by atoms with E-state index in [1.807, 2.05) is 12.1 Å². The Labute approximate surface area is 244 Å². The quantitative estimate of drug-likeness (QED) is 0.217. The van der Waals surface area contributed by atoms with Gasteiger partial charge >= 0.3 is 0 Å². The van der Waals surface area contributed by atoms with Crippen molar-refractivity contribution in [1.82, 2.24) is 0 Å². The standard InChI is InChI=1S/C40H26O2/c1-3-13-31-25-33(21-17-27(31)9-1)41-37-23-19-29-11-5-7-15-35(29)39(37)40-36-16-8-6-12-30(36)20-24-38(40)42-34-22-18-28-10-2-4-14-32(28)26-34/h1-26H. The van der Waals surface area contributed by atoms with E-state index in [4.69, 9.17) is 9.47 Å². The van der Waals surface area contributed by atoms with Gasteiger partial charge in [0, 0.05) is 11.1 Å². The summed E-state index contributed by atoms with van der Waals surface area (Å²) >= 11 is 0. The smallest absolute Gasteiger partial charge is 0.136 e. The monoisotopic (exact) mass is 538 g/mol. The van der Waals surface area contributed by atoms with E-state index in [1.54, 1.807) is 0 Å². The summed E-state index contributed by atoms with van der Waals surface area (Å²) in [6.07, 6.45) is 0. The van der Waals surface area contributed by atoms with Crippen molar-refractivity contribution < 1.29 is 9.47 Å². The molecule has 0 amide bonds. The number of hydrogen-bond acceptors (Lipinski definition) is 2. The third-order valence-electron chi connectivity index (χ3n) is 7.93. The van der Waals surface area contributed by atoms with Gasteiger partial charge in [0.2, 0.25) is 0 Å². The Balaban J connectivity index is 1.36. The first kappa shape index (κ1) is 24.2. The minimum atomic E-state index is 0.781. The van der Waals surface area contributed by atoms with Crippen LogP contribution in [0.5, 0.6) is 23.0 Å². The molecule has 0 aromatic heterocycles. The van der Waals surface area contributed by atoms with Crippen molar-refractivity contribution in [2.75, 3.05) is 0 Å². The molecule has 0 spiro atoms. The van der Waals surface area contributed by atoms with E-state index in [-0.39, 0.29) is 0 Å². The summed E-state index contributed by atoms with van der Waals surface area (Å²) in [6.45, 7) is 0. The maximum Gasteiger partial charge on any atom is 0.136 e. The molecular formula is C40H26O2. The summed E-state index contributed by atoms with van der Waals surface area (Å²) in [7, 11) is 0. The highest BCUT2D eigenvalue weighted by atomic mass is 16.5. The number of fused-ring (bicyclic) bond motifs is 4. The Morgan fingerprint density at radius 2 is 0.643 bits per heavy atom. The van der Waals surface area contributed by atoms with Crippen molar-refractivity contribution in [3.8, 4) is 34.1 Å². The maximum atomic E-state index is 6.74. The molecule has 0 aliphatic rings. The lowest BCUT2D eigenvalue weighted by Gasteiger charge is -2.20. The van der Waals surface area contributed by atoms with Crippen LogP contribution in [0, 0.1) is 0 Å². The van der Waals surface area contributed by atoms with Crippen LogP contribution in [0.4, 0.5) is 0 Å². The van der Waals surface area contributed by atoms with E-state index in [2.05, 4.69) is 146 Å². The molecule has 0 N–H and O–H groups in total. The van der Waals surface area contributed by atoms with Crippen LogP contribution < -0.4 is 9.47 Å². The highest BCUT2D eigenvalue weighted by Gasteiger charge is 2.20. The molecule has 198 valence electrons. The molecule has 0 bridgehead atoms. The molecule has 2 heteroatoms. The maximum absolute atomic E-state index is 6.74. The number of benzene rings is 8. The third-order valence-corrected chi connectivity index (χ3v) is 7.93. The molecular weight excluding hydrogens is 512 g/mol. The zero-order chi connectivity index (χ0) is 27.9. The van der Waals surface area contributed by atoms with Crippen LogP contribution in [0.3, 0.4) is 0 Å². The molecule has 8 aromatic carbocycles. The Morgan fingerprint density at radius 3 is 1.10 bits per heavy atom. The summed E-state index contributed by atoms with van der Waals surface area (Å²) in [6, 6.07) is 54.5. The Morgan fingerprint density at radius 1 is 0.286 bits per heavy atom. The molecule has 0 unspecified atom stereocenters. The van der Waals surface area contributed by atoms with Gasteiger partial charge in [-0.15, -0.1) is 0 Å². The minimum Gasteiger partial charge on any atom is -0.457 e. The molecule has 8 aromatic rings. The minimum absolute atomic E-state index is 0.781. The first-order valence-corrected chi connectivity index (χ1v) is 14.2. The van der Waals surface area contributed by atoms with E-state index in [0.717, 1.165) is 66.4 Å². The topological polar surface area (TPSA) is 18.5 Å². The van der Waals surface area contributed by atoms with Gasteiger partial charge in [-0.1, -0.05) is 121 Å². The van der Waals surface area contributed by atoms with Crippen LogP contribution >= 0.6 is 0 Å². The highest BCUT2D eigenvalue weighted by molar-refractivity contribution is 6.10. The van der Waals surface area contributed by atoms with E-state index in [0.29, 0.717) is 0 Å². The summed E-state index contributed by atoms with van der Waals surface area (Å²) in [5.41, 5.74) is 2.02. The van der Waals surface area contributed by atoms with Gasteiger partial charge in [0.1, 0.15) is 23.0 Å². The fourth-order valence-corrected chi connectivity index (χ4v) is 5.90. The van der Waals surface area contributed by atoms with Crippen LogP contribution in [0.15, 0.2) is 158 Å². The number of hydrogen-bond donors (Lipinski definition) is 0.